The second-order valence-corrected chi connectivity index (χ2v) is 6.16. The van der Waals surface area contributed by atoms with E-state index < -0.39 is 6.10 Å². The first kappa shape index (κ1) is 18.6. The van der Waals surface area contributed by atoms with Crippen molar-refractivity contribution in [1.29, 1.82) is 0 Å². The second kappa shape index (κ2) is 8.09. The molecule has 2 heterocycles. The number of nitrogens with zero attached hydrogens (tertiary/aromatic N) is 2. The van der Waals surface area contributed by atoms with E-state index in [1.807, 2.05) is 12.1 Å². The van der Waals surface area contributed by atoms with Crippen molar-refractivity contribution in [2.75, 3.05) is 20.8 Å². The van der Waals surface area contributed by atoms with Crippen LogP contribution in [0.15, 0.2) is 47.0 Å². The average molecular weight is 397 g/mol. The van der Waals surface area contributed by atoms with Crippen molar-refractivity contribution in [3.63, 3.8) is 0 Å². The van der Waals surface area contributed by atoms with Gasteiger partial charge in [0.25, 0.3) is 5.91 Å². The molecule has 1 aromatic heterocycles. The molecular weight excluding hydrogens is 378 g/mol. The lowest BCUT2D eigenvalue weighted by Gasteiger charge is -2.25. The van der Waals surface area contributed by atoms with Crippen molar-refractivity contribution in [2.45, 2.75) is 12.6 Å². The first-order valence-corrected chi connectivity index (χ1v) is 8.89. The zero-order valence-electron chi connectivity index (χ0n) is 15.9. The number of para-hydroxylation sites is 2. The van der Waals surface area contributed by atoms with Crippen molar-refractivity contribution in [3.8, 4) is 34.4 Å². The lowest BCUT2D eigenvalue weighted by atomic mass is 10.2. The molecule has 2 aromatic carbocycles. The largest absolute Gasteiger partial charge is 0.497 e. The number of hydrogen-bond acceptors (Lipinski definition) is 8. The van der Waals surface area contributed by atoms with Crippen LogP contribution < -0.4 is 24.3 Å². The van der Waals surface area contributed by atoms with Crippen molar-refractivity contribution < 1.29 is 28.3 Å². The average Bonchev–Trinajstić information content (AvgIpc) is 3.25. The van der Waals surface area contributed by atoms with E-state index in [1.165, 1.54) is 0 Å². The van der Waals surface area contributed by atoms with Crippen molar-refractivity contribution >= 4 is 5.91 Å². The molecular formula is C20H19N3O6. The van der Waals surface area contributed by atoms with Crippen LogP contribution in [0.3, 0.4) is 0 Å². The first-order valence-electron chi connectivity index (χ1n) is 8.89. The zero-order chi connectivity index (χ0) is 20.2. The summed E-state index contributed by atoms with van der Waals surface area (Å²) in [6, 6.07) is 12.5. The van der Waals surface area contributed by atoms with Crippen LogP contribution in [-0.4, -0.2) is 43.0 Å². The van der Waals surface area contributed by atoms with E-state index in [4.69, 9.17) is 23.5 Å². The number of benzene rings is 2. The highest BCUT2D eigenvalue weighted by atomic mass is 16.6. The van der Waals surface area contributed by atoms with Gasteiger partial charge in [-0.05, 0) is 24.3 Å². The molecule has 0 unspecified atom stereocenters. The fourth-order valence-corrected chi connectivity index (χ4v) is 2.84. The molecule has 0 fully saturated rings. The topological polar surface area (TPSA) is 105 Å². The highest BCUT2D eigenvalue weighted by molar-refractivity contribution is 5.81. The molecule has 0 bridgehead atoms. The molecule has 0 radical (unpaired) electrons. The molecule has 3 aromatic rings. The lowest BCUT2D eigenvalue weighted by molar-refractivity contribution is -0.130. The maximum absolute atomic E-state index is 12.4. The molecule has 0 spiro atoms. The molecule has 0 saturated carbocycles. The van der Waals surface area contributed by atoms with E-state index in [2.05, 4.69) is 15.5 Å². The van der Waals surface area contributed by atoms with Gasteiger partial charge in [0.2, 0.25) is 17.8 Å². The Balaban J connectivity index is 1.39. The summed E-state index contributed by atoms with van der Waals surface area (Å²) in [6.07, 6.45) is -0.756. The van der Waals surface area contributed by atoms with Crippen molar-refractivity contribution in [2.24, 2.45) is 0 Å². The molecule has 9 nitrogen and oxygen atoms in total. The number of aromatic nitrogens is 2. The Morgan fingerprint density at radius 3 is 2.79 bits per heavy atom. The van der Waals surface area contributed by atoms with E-state index in [0.29, 0.717) is 34.4 Å². The van der Waals surface area contributed by atoms with Gasteiger partial charge in [-0.3, -0.25) is 4.79 Å². The molecule has 1 N–H and O–H groups in total. The molecule has 1 amide bonds. The van der Waals surface area contributed by atoms with Crippen LogP contribution in [0.4, 0.5) is 0 Å². The summed E-state index contributed by atoms with van der Waals surface area (Å²) in [5.74, 6) is 2.62. The third-order valence-electron chi connectivity index (χ3n) is 4.33. The molecule has 1 aliphatic heterocycles. The van der Waals surface area contributed by atoms with Gasteiger partial charge in [-0.2, -0.15) is 4.98 Å². The highest BCUT2D eigenvalue weighted by Crippen LogP contribution is 2.32. The van der Waals surface area contributed by atoms with Gasteiger partial charge in [0.05, 0.1) is 26.3 Å². The van der Waals surface area contributed by atoms with E-state index >= 15 is 0 Å². The van der Waals surface area contributed by atoms with Crippen LogP contribution in [0.1, 0.15) is 5.89 Å². The maximum atomic E-state index is 12.4. The van der Waals surface area contributed by atoms with Gasteiger partial charge in [0.1, 0.15) is 18.1 Å². The van der Waals surface area contributed by atoms with Gasteiger partial charge in [0, 0.05) is 6.07 Å². The Morgan fingerprint density at radius 1 is 1.17 bits per heavy atom. The Morgan fingerprint density at radius 2 is 2.00 bits per heavy atom. The molecule has 4 rings (SSSR count). The standard InChI is InChI=1S/C20H19N3O6/c1-25-12-7-8-13(16(9-12)26-2)19-22-18(29-23-19)10-21-20(24)17-11-27-14-5-3-4-6-15(14)28-17/h3-9,17H,10-11H2,1-2H3,(H,21,24)/t17-/m0/s1. The van der Waals surface area contributed by atoms with Gasteiger partial charge in [-0.25, -0.2) is 0 Å². The van der Waals surface area contributed by atoms with Gasteiger partial charge >= 0.3 is 0 Å². The van der Waals surface area contributed by atoms with Crippen LogP contribution in [0.2, 0.25) is 0 Å². The fourth-order valence-electron chi connectivity index (χ4n) is 2.84. The molecule has 0 aliphatic carbocycles. The third kappa shape index (κ3) is 3.93. The summed E-state index contributed by atoms with van der Waals surface area (Å²) in [7, 11) is 3.12. The molecule has 150 valence electrons. The van der Waals surface area contributed by atoms with Crippen molar-refractivity contribution in [3.05, 3.63) is 48.4 Å². The van der Waals surface area contributed by atoms with Crippen LogP contribution in [0, 0.1) is 0 Å². The summed E-state index contributed by atoms with van der Waals surface area (Å²) >= 11 is 0. The number of ether oxygens (including phenoxy) is 4. The lowest BCUT2D eigenvalue weighted by Crippen LogP contribution is -2.43. The van der Waals surface area contributed by atoms with Crippen LogP contribution in [0.5, 0.6) is 23.0 Å². The molecule has 0 saturated heterocycles. The van der Waals surface area contributed by atoms with Crippen LogP contribution in [0.25, 0.3) is 11.4 Å². The fraction of sp³-hybridized carbons (Fsp3) is 0.250. The predicted octanol–water partition coefficient (Wildman–Crippen LogP) is 2.21. The summed E-state index contributed by atoms with van der Waals surface area (Å²) in [6.45, 7) is 0.187. The zero-order valence-corrected chi connectivity index (χ0v) is 15.9. The highest BCUT2D eigenvalue weighted by Gasteiger charge is 2.27. The van der Waals surface area contributed by atoms with E-state index in [-0.39, 0.29) is 24.9 Å². The number of hydrogen-bond donors (Lipinski definition) is 1. The number of nitrogens with one attached hydrogen (secondary N) is 1. The number of methoxy groups -OCH3 is 2. The number of fused-ring (bicyclic) bond motifs is 1. The Kier molecular flexibility index (Phi) is 5.19. The minimum Gasteiger partial charge on any atom is -0.497 e. The van der Waals surface area contributed by atoms with Crippen LogP contribution >= 0.6 is 0 Å². The summed E-state index contributed by atoms with van der Waals surface area (Å²) < 4.78 is 27.0. The Bertz CT molecular complexity index is 1020. The van der Waals surface area contributed by atoms with E-state index in [1.54, 1.807) is 44.6 Å². The number of carbonyl (C=O) groups is 1. The maximum Gasteiger partial charge on any atom is 0.265 e. The number of rotatable bonds is 6. The van der Waals surface area contributed by atoms with Gasteiger partial charge < -0.3 is 28.8 Å². The first-order chi connectivity index (χ1) is 14.2. The molecule has 1 atom stereocenters. The van der Waals surface area contributed by atoms with Gasteiger partial charge in [0.15, 0.2) is 11.5 Å². The quantitative estimate of drug-likeness (QED) is 0.675. The monoisotopic (exact) mass is 397 g/mol. The minimum absolute atomic E-state index is 0.0613. The smallest absolute Gasteiger partial charge is 0.265 e. The van der Waals surface area contributed by atoms with E-state index in [9.17, 15) is 4.79 Å². The normalized spacial score (nSPS) is 14.9. The second-order valence-electron chi connectivity index (χ2n) is 6.16. The van der Waals surface area contributed by atoms with Crippen molar-refractivity contribution in [1.82, 2.24) is 15.5 Å². The number of carbonyl (C=O) groups excluding carboxylic acids is 1. The third-order valence-corrected chi connectivity index (χ3v) is 4.33. The molecule has 1 aliphatic rings. The number of amides is 1. The predicted molar refractivity (Wildman–Crippen MR) is 101 cm³/mol. The van der Waals surface area contributed by atoms with E-state index in [0.717, 1.165) is 0 Å². The van der Waals surface area contributed by atoms with Gasteiger partial charge in [-0.15, -0.1) is 0 Å². The Hall–Kier alpha value is -3.75. The summed E-state index contributed by atoms with van der Waals surface area (Å²) in [4.78, 5) is 16.7. The SMILES string of the molecule is COc1ccc(-c2noc(CNC(=O)[C@@H]3COc4ccccc4O3)n2)c(OC)c1. The molecule has 29 heavy (non-hydrogen) atoms. The summed E-state index contributed by atoms with van der Waals surface area (Å²) in [5, 5.41) is 6.68. The van der Waals surface area contributed by atoms with Gasteiger partial charge in [-0.1, -0.05) is 17.3 Å². The minimum atomic E-state index is -0.756. The summed E-state index contributed by atoms with van der Waals surface area (Å²) in [5.41, 5.74) is 0.648. The van der Waals surface area contributed by atoms with Crippen LogP contribution in [-0.2, 0) is 11.3 Å². The Labute approximate surface area is 166 Å². The molecule has 9 heteroatoms.